The van der Waals surface area contributed by atoms with Crippen LogP contribution in [0.25, 0.3) is 0 Å². The van der Waals surface area contributed by atoms with Crippen molar-refractivity contribution in [3.8, 4) is 0 Å². The Morgan fingerprint density at radius 2 is 0.778 bits per heavy atom. The van der Waals surface area contributed by atoms with Crippen LogP contribution in [0.2, 0.25) is 0 Å². The van der Waals surface area contributed by atoms with Crippen LogP contribution in [0.3, 0.4) is 0 Å². The first-order valence-corrected chi connectivity index (χ1v) is 10.1. The van der Waals surface area contributed by atoms with Crippen molar-refractivity contribution < 1.29 is 0 Å². The van der Waals surface area contributed by atoms with Crippen molar-refractivity contribution in [3.05, 3.63) is 138 Å². The van der Waals surface area contributed by atoms with Crippen LogP contribution < -0.4 is 5.09 Å². The zero-order valence-electron chi connectivity index (χ0n) is 15.0. The smallest absolute Gasteiger partial charge is 0.0804 e. The Balaban J connectivity index is 1.89. The minimum absolute atomic E-state index is 0.250. The predicted molar refractivity (Wildman–Crippen MR) is 118 cm³/mol. The summed E-state index contributed by atoms with van der Waals surface area (Å²) in [5.74, 6) is 0. The lowest BCUT2D eigenvalue weighted by atomic mass is 9.84. The van der Waals surface area contributed by atoms with Crippen molar-refractivity contribution in [2.75, 3.05) is 5.09 Å². The normalized spacial score (nSPS) is 11.6. The molecule has 0 bridgehead atoms. The number of benzene rings is 4. The highest BCUT2D eigenvalue weighted by molar-refractivity contribution is 7.42. The van der Waals surface area contributed by atoms with Crippen molar-refractivity contribution in [2.45, 2.75) is 5.16 Å². The summed E-state index contributed by atoms with van der Waals surface area (Å²) < 4.78 is 0. The Hall–Kier alpha value is -2.89. The molecule has 4 aromatic carbocycles. The lowest BCUT2D eigenvalue weighted by Crippen LogP contribution is -2.25. The number of hydrogen-bond acceptors (Lipinski definition) is 1. The minimum Gasteiger partial charge on any atom is -0.365 e. The highest BCUT2D eigenvalue weighted by atomic mass is 31.1. The van der Waals surface area contributed by atoms with Gasteiger partial charge in [0.05, 0.1) is 5.16 Å². The molecule has 1 atom stereocenters. The molecule has 1 nitrogen and oxygen atoms in total. The fourth-order valence-corrected chi connectivity index (χ4v) is 4.90. The third kappa shape index (κ3) is 3.65. The molecule has 132 valence electrons. The molecule has 0 saturated heterocycles. The number of rotatable bonds is 6. The van der Waals surface area contributed by atoms with Gasteiger partial charge in [0.2, 0.25) is 0 Å². The van der Waals surface area contributed by atoms with Gasteiger partial charge in [0.25, 0.3) is 0 Å². The number of hydrogen-bond donors (Lipinski definition) is 1. The summed E-state index contributed by atoms with van der Waals surface area (Å²) >= 11 is 0. The quantitative estimate of drug-likeness (QED) is 0.296. The summed E-state index contributed by atoms with van der Waals surface area (Å²) in [5, 5.41) is 3.46. The van der Waals surface area contributed by atoms with E-state index in [4.69, 9.17) is 0 Å². The summed E-state index contributed by atoms with van der Waals surface area (Å²) in [4.78, 5) is 0. The summed E-state index contributed by atoms with van der Waals surface area (Å²) in [5.41, 5.74) is 5.03. The molecule has 0 fully saturated rings. The highest BCUT2D eigenvalue weighted by Gasteiger charge is 2.36. The van der Waals surface area contributed by atoms with Gasteiger partial charge >= 0.3 is 0 Å². The van der Waals surface area contributed by atoms with Gasteiger partial charge < -0.3 is 5.09 Å². The topological polar surface area (TPSA) is 12.0 Å². The number of para-hydroxylation sites is 1. The number of nitrogens with one attached hydrogen (secondary N) is 1. The van der Waals surface area contributed by atoms with Crippen LogP contribution in [-0.4, -0.2) is 0 Å². The molecule has 1 N–H and O–H groups in total. The molecule has 1 unspecified atom stereocenters. The molecule has 0 saturated carbocycles. The van der Waals surface area contributed by atoms with Crippen molar-refractivity contribution >= 4 is 14.4 Å². The summed E-state index contributed by atoms with van der Waals surface area (Å²) in [6.07, 6.45) is 0. The van der Waals surface area contributed by atoms with Gasteiger partial charge in [-0.2, -0.15) is 0 Å². The molecule has 0 aliphatic carbocycles. The van der Waals surface area contributed by atoms with Gasteiger partial charge in [-0.1, -0.05) is 109 Å². The van der Waals surface area contributed by atoms with Crippen molar-refractivity contribution in [1.82, 2.24) is 0 Å². The molecule has 0 radical (unpaired) electrons. The van der Waals surface area contributed by atoms with Gasteiger partial charge in [0, 0.05) is 5.69 Å². The molecular weight excluding hydrogens is 345 g/mol. The van der Waals surface area contributed by atoms with E-state index in [0.717, 1.165) is 5.69 Å². The first kappa shape index (κ1) is 17.5. The van der Waals surface area contributed by atoms with E-state index in [1.165, 1.54) is 16.7 Å². The first-order chi connectivity index (χ1) is 13.4. The summed E-state index contributed by atoms with van der Waals surface area (Å²) in [7, 11) is 0.453. The Morgan fingerprint density at radius 3 is 1.15 bits per heavy atom. The average molecular weight is 367 g/mol. The number of anilines is 1. The fourth-order valence-electron chi connectivity index (χ4n) is 3.47. The Morgan fingerprint density at radius 1 is 0.444 bits per heavy atom. The van der Waals surface area contributed by atoms with E-state index in [0.29, 0.717) is 8.73 Å². The molecule has 0 heterocycles. The summed E-state index contributed by atoms with van der Waals surface area (Å²) in [6, 6.07) is 42.9. The van der Waals surface area contributed by atoms with Crippen LogP contribution in [0.5, 0.6) is 0 Å². The summed E-state index contributed by atoms with van der Waals surface area (Å²) in [6.45, 7) is 0. The monoisotopic (exact) mass is 367 g/mol. The molecule has 0 aliphatic rings. The highest BCUT2D eigenvalue weighted by Crippen LogP contribution is 2.52. The van der Waals surface area contributed by atoms with Gasteiger partial charge in [-0.25, -0.2) is 0 Å². The van der Waals surface area contributed by atoms with Crippen molar-refractivity contribution in [2.24, 2.45) is 0 Å². The third-order valence-corrected chi connectivity index (χ3v) is 6.44. The molecule has 0 aromatic heterocycles. The Labute approximate surface area is 162 Å². The van der Waals surface area contributed by atoms with Crippen molar-refractivity contribution in [1.29, 1.82) is 0 Å². The molecule has 0 aliphatic heterocycles. The SMILES string of the molecule is c1ccc(NPC(c2ccccc2)(c2ccccc2)c2ccccc2)cc1. The lowest BCUT2D eigenvalue weighted by molar-refractivity contribution is 0.888. The van der Waals surface area contributed by atoms with E-state index >= 15 is 0 Å². The second-order valence-corrected chi connectivity index (χ2v) is 7.71. The molecule has 0 amide bonds. The Bertz CT molecular complexity index is 857. The van der Waals surface area contributed by atoms with E-state index in [1.54, 1.807) is 0 Å². The van der Waals surface area contributed by atoms with Gasteiger partial charge in [-0.3, -0.25) is 0 Å². The maximum absolute atomic E-state index is 3.71. The predicted octanol–water partition coefficient (Wildman–Crippen LogP) is 6.68. The van der Waals surface area contributed by atoms with Crippen molar-refractivity contribution in [3.63, 3.8) is 0 Å². The van der Waals surface area contributed by atoms with Gasteiger partial charge in [0.1, 0.15) is 0 Å². The second-order valence-electron chi connectivity index (χ2n) is 6.46. The molecule has 2 heteroatoms. The van der Waals surface area contributed by atoms with Crippen LogP contribution >= 0.6 is 8.73 Å². The molecule has 4 aromatic rings. The van der Waals surface area contributed by atoms with Crippen LogP contribution in [0.4, 0.5) is 5.69 Å². The standard InChI is InChI=1S/C25H22NP/c1-5-13-21(14-6-1)25(22-15-7-2-8-16-22,23-17-9-3-10-18-23)27-26-24-19-11-4-12-20-24/h1-20,26-27H. The van der Waals surface area contributed by atoms with E-state index in [9.17, 15) is 0 Å². The maximum Gasteiger partial charge on any atom is 0.0804 e. The van der Waals surface area contributed by atoms with E-state index in [1.807, 2.05) is 6.07 Å². The molecular formula is C25H22NP. The average Bonchev–Trinajstić information content (AvgIpc) is 2.77. The van der Waals surface area contributed by atoms with Crippen LogP contribution in [-0.2, 0) is 5.16 Å². The lowest BCUT2D eigenvalue weighted by Gasteiger charge is -2.36. The van der Waals surface area contributed by atoms with E-state index < -0.39 is 0 Å². The van der Waals surface area contributed by atoms with Gasteiger partial charge in [-0.05, 0) is 37.6 Å². The van der Waals surface area contributed by atoms with Crippen LogP contribution in [0.1, 0.15) is 16.7 Å². The molecule has 4 rings (SSSR count). The second kappa shape index (κ2) is 8.20. The minimum atomic E-state index is -0.250. The van der Waals surface area contributed by atoms with Crippen LogP contribution in [0.15, 0.2) is 121 Å². The van der Waals surface area contributed by atoms with Crippen LogP contribution in [0, 0.1) is 0 Å². The van der Waals surface area contributed by atoms with Gasteiger partial charge in [0.15, 0.2) is 0 Å². The first-order valence-electron chi connectivity index (χ1n) is 9.14. The molecule has 27 heavy (non-hydrogen) atoms. The zero-order valence-corrected chi connectivity index (χ0v) is 16.0. The largest absolute Gasteiger partial charge is 0.365 e. The Kier molecular flexibility index (Phi) is 5.32. The zero-order chi connectivity index (χ0) is 18.4. The third-order valence-electron chi connectivity index (χ3n) is 4.79. The van der Waals surface area contributed by atoms with Gasteiger partial charge in [-0.15, -0.1) is 0 Å². The maximum atomic E-state index is 3.71. The fraction of sp³-hybridized carbons (Fsp3) is 0.0400. The van der Waals surface area contributed by atoms with E-state index in [2.05, 4.69) is 120 Å². The molecule has 0 spiro atoms. The van der Waals surface area contributed by atoms with E-state index in [-0.39, 0.29) is 5.16 Å².